The van der Waals surface area contributed by atoms with Crippen molar-refractivity contribution in [2.45, 2.75) is 20.0 Å². The molecule has 0 aliphatic carbocycles. The third kappa shape index (κ3) is 3.28. The van der Waals surface area contributed by atoms with Gasteiger partial charge in [-0.2, -0.15) is 0 Å². The van der Waals surface area contributed by atoms with E-state index in [4.69, 9.17) is 10.5 Å². The topological polar surface area (TPSA) is 78.1 Å². The first-order valence-electron chi connectivity index (χ1n) is 5.94. The van der Waals surface area contributed by atoms with Crippen molar-refractivity contribution in [2.24, 2.45) is 0 Å². The van der Waals surface area contributed by atoms with Crippen LogP contribution in [0.2, 0.25) is 0 Å². The van der Waals surface area contributed by atoms with Gasteiger partial charge in [-0.25, -0.2) is 0 Å². The van der Waals surface area contributed by atoms with E-state index in [2.05, 4.69) is 9.97 Å². The molecular weight excluding hydrogens is 242 g/mol. The standard InChI is InChI=1S/C14H15N3O2/c1-9(2)19-12-5-10(6-16-8-12)14(18)13-4-3-11(15)7-17-13/h3-9H,15H2,1-2H3. The first-order valence-corrected chi connectivity index (χ1v) is 5.94. The minimum absolute atomic E-state index is 0.0294. The molecule has 0 fully saturated rings. The van der Waals surface area contributed by atoms with Crippen LogP contribution in [0.5, 0.6) is 5.75 Å². The SMILES string of the molecule is CC(C)Oc1cncc(C(=O)c2ccc(N)cn2)c1. The monoisotopic (exact) mass is 257 g/mol. The fraction of sp³-hybridized carbons (Fsp3) is 0.214. The van der Waals surface area contributed by atoms with Gasteiger partial charge >= 0.3 is 0 Å². The summed E-state index contributed by atoms with van der Waals surface area (Å²) in [6, 6.07) is 4.89. The second-order valence-corrected chi connectivity index (χ2v) is 4.38. The average molecular weight is 257 g/mol. The Hall–Kier alpha value is -2.43. The highest BCUT2D eigenvalue weighted by Crippen LogP contribution is 2.15. The van der Waals surface area contributed by atoms with Crippen LogP contribution in [-0.4, -0.2) is 21.9 Å². The van der Waals surface area contributed by atoms with Crippen molar-refractivity contribution >= 4 is 11.5 Å². The second-order valence-electron chi connectivity index (χ2n) is 4.38. The summed E-state index contributed by atoms with van der Waals surface area (Å²) in [4.78, 5) is 20.2. The van der Waals surface area contributed by atoms with Crippen LogP contribution in [0.3, 0.4) is 0 Å². The Labute approximate surface area is 111 Å². The van der Waals surface area contributed by atoms with Crippen LogP contribution in [0.1, 0.15) is 29.9 Å². The average Bonchev–Trinajstić information content (AvgIpc) is 2.38. The predicted octanol–water partition coefficient (Wildman–Crippen LogP) is 2.08. The number of nitrogens with zero attached hydrogens (tertiary/aromatic N) is 2. The maximum Gasteiger partial charge on any atom is 0.213 e. The number of ketones is 1. The van der Waals surface area contributed by atoms with Gasteiger partial charge in [0, 0.05) is 11.8 Å². The summed E-state index contributed by atoms with van der Waals surface area (Å²) >= 11 is 0. The molecule has 0 unspecified atom stereocenters. The number of ether oxygens (including phenoxy) is 1. The molecule has 2 rings (SSSR count). The van der Waals surface area contributed by atoms with Gasteiger partial charge in [-0.15, -0.1) is 0 Å². The first-order chi connectivity index (χ1) is 9.06. The van der Waals surface area contributed by atoms with Crippen molar-refractivity contribution in [3.63, 3.8) is 0 Å². The van der Waals surface area contributed by atoms with Crippen molar-refractivity contribution < 1.29 is 9.53 Å². The van der Waals surface area contributed by atoms with Crippen LogP contribution in [0.15, 0.2) is 36.8 Å². The minimum Gasteiger partial charge on any atom is -0.489 e. The van der Waals surface area contributed by atoms with Gasteiger partial charge in [-0.1, -0.05) is 0 Å². The summed E-state index contributed by atoms with van der Waals surface area (Å²) in [6.07, 6.45) is 4.55. The van der Waals surface area contributed by atoms with E-state index >= 15 is 0 Å². The molecule has 5 nitrogen and oxygen atoms in total. The molecule has 2 N–H and O–H groups in total. The fourth-order valence-electron chi connectivity index (χ4n) is 1.57. The normalized spacial score (nSPS) is 10.5. The van der Waals surface area contributed by atoms with E-state index in [-0.39, 0.29) is 11.9 Å². The molecule has 0 amide bonds. The fourth-order valence-corrected chi connectivity index (χ4v) is 1.57. The Kier molecular flexibility index (Phi) is 3.75. The van der Waals surface area contributed by atoms with E-state index in [1.807, 2.05) is 13.8 Å². The summed E-state index contributed by atoms with van der Waals surface area (Å²) in [6.45, 7) is 3.83. The zero-order valence-corrected chi connectivity index (χ0v) is 10.8. The van der Waals surface area contributed by atoms with Crippen LogP contribution in [0, 0.1) is 0 Å². The molecule has 0 saturated carbocycles. The van der Waals surface area contributed by atoms with Crippen molar-refractivity contribution in [2.75, 3.05) is 5.73 Å². The van der Waals surface area contributed by atoms with Crippen LogP contribution in [-0.2, 0) is 0 Å². The number of hydrogen-bond acceptors (Lipinski definition) is 5. The van der Waals surface area contributed by atoms with E-state index in [0.29, 0.717) is 22.7 Å². The lowest BCUT2D eigenvalue weighted by molar-refractivity contribution is 0.103. The number of anilines is 1. The molecule has 0 aliphatic rings. The van der Waals surface area contributed by atoms with Gasteiger partial charge < -0.3 is 10.5 Å². The molecule has 2 heterocycles. The Morgan fingerprint density at radius 3 is 2.68 bits per heavy atom. The molecule has 98 valence electrons. The molecule has 0 radical (unpaired) electrons. The van der Waals surface area contributed by atoms with E-state index < -0.39 is 0 Å². The summed E-state index contributed by atoms with van der Waals surface area (Å²) in [5, 5.41) is 0. The van der Waals surface area contributed by atoms with Crippen molar-refractivity contribution in [3.05, 3.63) is 48.0 Å². The molecule has 0 aromatic carbocycles. The molecule has 5 heteroatoms. The van der Waals surface area contributed by atoms with E-state index in [1.165, 1.54) is 12.4 Å². The van der Waals surface area contributed by atoms with E-state index in [0.717, 1.165) is 0 Å². The maximum atomic E-state index is 12.2. The number of aromatic nitrogens is 2. The molecule has 2 aromatic rings. The van der Waals surface area contributed by atoms with Gasteiger partial charge in [0.2, 0.25) is 5.78 Å². The highest BCUT2D eigenvalue weighted by Gasteiger charge is 2.12. The lowest BCUT2D eigenvalue weighted by Gasteiger charge is -2.09. The van der Waals surface area contributed by atoms with Gasteiger partial charge in [0.15, 0.2) is 0 Å². The molecule has 0 spiro atoms. The molecule has 19 heavy (non-hydrogen) atoms. The summed E-state index contributed by atoms with van der Waals surface area (Å²) < 4.78 is 5.50. The van der Waals surface area contributed by atoms with Crippen LogP contribution in [0.4, 0.5) is 5.69 Å². The number of carbonyl (C=O) groups excluding carboxylic acids is 1. The van der Waals surface area contributed by atoms with Crippen LogP contribution < -0.4 is 10.5 Å². The van der Waals surface area contributed by atoms with Crippen molar-refractivity contribution in [3.8, 4) is 5.75 Å². The Morgan fingerprint density at radius 2 is 2.05 bits per heavy atom. The highest BCUT2D eigenvalue weighted by atomic mass is 16.5. The number of hydrogen-bond donors (Lipinski definition) is 1. The number of pyridine rings is 2. The summed E-state index contributed by atoms with van der Waals surface area (Å²) in [5.41, 5.74) is 6.83. The second kappa shape index (κ2) is 5.48. The first kappa shape index (κ1) is 13.0. The zero-order valence-electron chi connectivity index (χ0n) is 10.8. The predicted molar refractivity (Wildman–Crippen MR) is 72.1 cm³/mol. The molecular formula is C14H15N3O2. The molecule has 0 aliphatic heterocycles. The summed E-state index contributed by atoms with van der Waals surface area (Å²) in [5.74, 6) is 0.359. The smallest absolute Gasteiger partial charge is 0.213 e. The number of nitrogen functional groups attached to an aromatic ring is 1. The van der Waals surface area contributed by atoms with E-state index in [9.17, 15) is 4.79 Å². The highest BCUT2D eigenvalue weighted by molar-refractivity contribution is 6.07. The van der Waals surface area contributed by atoms with Gasteiger partial charge in [0.05, 0.1) is 24.2 Å². The number of carbonyl (C=O) groups is 1. The number of rotatable bonds is 4. The molecule has 0 saturated heterocycles. The van der Waals surface area contributed by atoms with Crippen LogP contribution >= 0.6 is 0 Å². The molecule has 0 bridgehead atoms. The van der Waals surface area contributed by atoms with Gasteiger partial charge in [-0.3, -0.25) is 14.8 Å². The molecule has 0 atom stereocenters. The Morgan fingerprint density at radius 1 is 1.26 bits per heavy atom. The lowest BCUT2D eigenvalue weighted by Crippen LogP contribution is -2.08. The zero-order chi connectivity index (χ0) is 13.8. The summed E-state index contributed by atoms with van der Waals surface area (Å²) in [7, 11) is 0. The number of nitrogens with two attached hydrogens (primary N) is 1. The quantitative estimate of drug-likeness (QED) is 0.848. The van der Waals surface area contributed by atoms with Gasteiger partial charge in [-0.05, 0) is 32.0 Å². The largest absolute Gasteiger partial charge is 0.489 e. The minimum atomic E-state index is -0.207. The molecule has 2 aromatic heterocycles. The Balaban J connectivity index is 2.26. The van der Waals surface area contributed by atoms with Gasteiger partial charge in [0.25, 0.3) is 0 Å². The van der Waals surface area contributed by atoms with Crippen molar-refractivity contribution in [1.29, 1.82) is 0 Å². The van der Waals surface area contributed by atoms with Crippen molar-refractivity contribution in [1.82, 2.24) is 9.97 Å². The third-order valence-corrected chi connectivity index (χ3v) is 2.37. The maximum absolute atomic E-state index is 12.2. The third-order valence-electron chi connectivity index (χ3n) is 2.37. The van der Waals surface area contributed by atoms with E-state index in [1.54, 1.807) is 24.4 Å². The lowest BCUT2D eigenvalue weighted by atomic mass is 10.1. The van der Waals surface area contributed by atoms with Gasteiger partial charge in [0.1, 0.15) is 11.4 Å². The Bertz CT molecular complexity index is 579. The van der Waals surface area contributed by atoms with Crippen LogP contribution in [0.25, 0.3) is 0 Å².